The van der Waals surface area contributed by atoms with E-state index in [-0.39, 0.29) is 12.5 Å². The Bertz CT molecular complexity index is 776. The molecule has 3 rings (SSSR count). The lowest BCUT2D eigenvalue weighted by Crippen LogP contribution is -2.51. The molecule has 0 saturated carbocycles. The van der Waals surface area contributed by atoms with Crippen molar-refractivity contribution in [3.05, 3.63) is 48.0 Å². The van der Waals surface area contributed by atoms with Gasteiger partial charge in [-0.3, -0.25) is 14.3 Å². The molecule has 2 heterocycles. The van der Waals surface area contributed by atoms with E-state index in [2.05, 4.69) is 10.4 Å². The van der Waals surface area contributed by atoms with Crippen LogP contribution in [0.4, 0.5) is 10.1 Å². The quantitative estimate of drug-likeness (QED) is 0.913. The first kappa shape index (κ1) is 16.1. The van der Waals surface area contributed by atoms with Crippen molar-refractivity contribution in [2.45, 2.75) is 12.1 Å². The predicted octanol–water partition coefficient (Wildman–Crippen LogP) is 1.10. The maximum atomic E-state index is 13.6. The topological polar surface area (TPSA) is 76.5 Å². The molecule has 1 aromatic carbocycles. The van der Waals surface area contributed by atoms with Gasteiger partial charge in [-0.05, 0) is 17.7 Å². The van der Waals surface area contributed by atoms with E-state index < -0.39 is 23.9 Å². The van der Waals surface area contributed by atoms with Gasteiger partial charge in [0.25, 0.3) is 5.91 Å². The van der Waals surface area contributed by atoms with Gasteiger partial charge in [-0.15, -0.1) is 0 Å². The molecule has 2 amide bonds. The summed E-state index contributed by atoms with van der Waals surface area (Å²) in [6, 6.07) is 5.09. The number of nitrogens with zero attached hydrogens (tertiary/aromatic N) is 3. The normalized spacial score (nSPS) is 21.0. The number of hydrogen-bond acceptors (Lipinski definition) is 4. The van der Waals surface area contributed by atoms with Gasteiger partial charge < -0.3 is 15.0 Å². The molecule has 24 heavy (non-hydrogen) atoms. The van der Waals surface area contributed by atoms with Gasteiger partial charge in [-0.1, -0.05) is 12.1 Å². The molecule has 1 N–H and O–H groups in total. The fraction of sp³-hybridized carbons (Fsp3) is 0.312. The second-order valence-electron chi connectivity index (χ2n) is 5.63. The summed E-state index contributed by atoms with van der Waals surface area (Å²) in [5.74, 6) is -1.13. The molecule has 0 bridgehead atoms. The molecule has 0 spiro atoms. The number of morpholine rings is 1. The third kappa shape index (κ3) is 3.13. The van der Waals surface area contributed by atoms with Crippen LogP contribution in [0.3, 0.4) is 0 Å². The molecule has 126 valence electrons. The zero-order valence-electron chi connectivity index (χ0n) is 13.3. The van der Waals surface area contributed by atoms with Gasteiger partial charge in [0.1, 0.15) is 12.4 Å². The molecule has 2 aromatic rings. The number of nitrogens with one attached hydrogen (secondary N) is 1. The highest BCUT2D eigenvalue weighted by Crippen LogP contribution is 2.30. The third-order valence-electron chi connectivity index (χ3n) is 3.90. The van der Waals surface area contributed by atoms with Gasteiger partial charge in [0.05, 0.1) is 17.9 Å². The minimum absolute atomic E-state index is 0.201. The van der Waals surface area contributed by atoms with Crippen LogP contribution in [-0.4, -0.2) is 46.3 Å². The van der Waals surface area contributed by atoms with Crippen molar-refractivity contribution in [2.24, 2.45) is 7.05 Å². The number of hydrogen-bond donors (Lipinski definition) is 1. The van der Waals surface area contributed by atoms with Gasteiger partial charge in [-0.2, -0.15) is 5.10 Å². The third-order valence-corrected chi connectivity index (χ3v) is 3.90. The molecule has 8 heteroatoms. The number of anilines is 1. The average molecular weight is 332 g/mol. The van der Waals surface area contributed by atoms with Gasteiger partial charge in [-0.25, -0.2) is 4.39 Å². The predicted molar refractivity (Wildman–Crippen MR) is 83.5 cm³/mol. The Kier molecular flexibility index (Phi) is 4.30. The van der Waals surface area contributed by atoms with E-state index in [4.69, 9.17) is 4.74 Å². The fourth-order valence-corrected chi connectivity index (χ4v) is 2.72. The molecular formula is C16H17FN4O3. The first-order valence-corrected chi connectivity index (χ1v) is 7.38. The highest BCUT2D eigenvalue weighted by atomic mass is 19.1. The molecule has 0 aliphatic carbocycles. The Morgan fingerprint density at radius 3 is 2.88 bits per heavy atom. The van der Waals surface area contributed by atoms with Gasteiger partial charge in [0, 0.05) is 20.3 Å². The minimum atomic E-state index is -0.949. The number of aromatic nitrogens is 2. The average Bonchev–Trinajstić information content (AvgIpc) is 2.94. The van der Waals surface area contributed by atoms with Crippen LogP contribution in [0, 0.1) is 5.82 Å². The van der Waals surface area contributed by atoms with E-state index in [0.29, 0.717) is 11.3 Å². The van der Waals surface area contributed by atoms with Crippen LogP contribution in [0.2, 0.25) is 0 Å². The van der Waals surface area contributed by atoms with Gasteiger partial charge >= 0.3 is 0 Å². The van der Waals surface area contributed by atoms with Gasteiger partial charge in [0.15, 0.2) is 6.10 Å². The molecule has 1 aliphatic heterocycles. The number of ether oxygens (including phenoxy) is 1. The number of aryl methyl sites for hydroxylation is 1. The van der Waals surface area contributed by atoms with Crippen LogP contribution in [-0.2, 0) is 21.4 Å². The Hall–Kier alpha value is -2.74. The summed E-state index contributed by atoms with van der Waals surface area (Å²) < 4.78 is 20.6. The second-order valence-corrected chi connectivity index (χ2v) is 5.63. The molecular weight excluding hydrogens is 315 g/mol. The van der Waals surface area contributed by atoms with Crippen molar-refractivity contribution in [1.29, 1.82) is 0 Å². The van der Waals surface area contributed by atoms with Crippen molar-refractivity contribution in [1.82, 2.24) is 14.7 Å². The van der Waals surface area contributed by atoms with E-state index >= 15 is 0 Å². The van der Waals surface area contributed by atoms with Crippen molar-refractivity contribution in [3.8, 4) is 0 Å². The Balaban J connectivity index is 1.88. The van der Waals surface area contributed by atoms with E-state index in [1.807, 2.05) is 0 Å². The maximum absolute atomic E-state index is 13.6. The zero-order chi connectivity index (χ0) is 17.3. The van der Waals surface area contributed by atoms with Crippen molar-refractivity contribution >= 4 is 17.5 Å². The highest BCUT2D eigenvalue weighted by Gasteiger charge is 2.40. The number of carbonyl (C=O) groups is 2. The molecule has 1 saturated heterocycles. The summed E-state index contributed by atoms with van der Waals surface area (Å²) in [5, 5.41) is 6.68. The molecule has 1 aromatic heterocycles. The lowest BCUT2D eigenvalue weighted by atomic mass is 9.97. The molecule has 2 atom stereocenters. The summed E-state index contributed by atoms with van der Waals surface area (Å²) >= 11 is 0. The Morgan fingerprint density at radius 2 is 2.21 bits per heavy atom. The van der Waals surface area contributed by atoms with Crippen molar-refractivity contribution in [2.75, 3.05) is 19.0 Å². The van der Waals surface area contributed by atoms with E-state index in [0.717, 1.165) is 0 Å². The number of amides is 2. The molecule has 7 nitrogen and oxygen atoms in total. The number of halogens is 1. The van der Waals surface area contributed by atoms with E-state index in [1.54, 1.807) is 31.0 Å². The molecule has 0 radical (unpaired) electrons. The number of benzene rings is 1. The lowest BCUT2D eigenvalue weighted by molar-refractivity contribution is -0.160. The van der Waals surface area contributed by atoms with Crippen LogP contribution in [0.25, 0.3) is 0 Å². The molecule has 0 unspecified atom stereocenters. The second kappa shape index (κ2) is 6.40. The minimum Gasteiger partial charge on any atom is -0.356 e. The summed E-state index contributed by atoms with van der Waals surface area (Å²) in [6.07, 6.45) is 2.20. The first-order valence-electron chi connectivity index (χ1n) is 7.38. The summed E-state index contributed by atoms with van der Waals surface area (Å²) in [4.78, 5) is 26.0. The largest absolute Gasteiger partial charge is 0.356 e. The first-order chi connectivity index (χ1) is 11.5. The SMILES string of the molecule is CN1C(=O)CO[C@H](C(=O)Nc2cnn(C)c2)[C@H]1c1cccc(F)c1. The van der Waals surface area contributed by atoms with E-state index in [9.17, 15) is 14.0 Å². The zero-order valence-corrected chi connectivity index (χ0v) is 13.3. The van der Waals surface area contributed by atoms with Crippen LogP contribution in [0.15, 0.2) is 36.7 Å². The number of carbonyl (C=O) groups excluding carboxylic acids is 2. The Morgan fingerprint density at radius 1 is 1.42 bits per heavy atom. The summed E-state index contributed by atoms with van der Waals surface area (Å²) in [7, 11) is 3.31. The fourth-order valence-electron chi connectivity index (χ4n) is 2.72. The summed E-state index contributed by atoms with van der Waals surface area (Å²) in [5.41, 5.74) is 1.01. The van der Waals surface area contributed by atoms with Crippen molar-refractivity contribution in [3.63, 3.8) is 0 Å². The van der Waals surface area contributed by atoms with Crippen LogP contribution < -0.4 is 5.32 Å². The molecule has 1 fully saturated rings. The lowest BCUT2D eigenvalue weighted by Gasteiger charge is -2.38. The van der Waals surface area contributed by atoms with Crippen LogP contribution in [0.5, 0.6) is 0 Å². The smallest absolute Gasteiger partial charge is 0.256 e. The van der Waals surface area contributed by atoms with Crippen molar-refractivity contribution < 1.29 is 18.7 Å². The summed E-state index contributed by atoms with van der Waals surface area (Å²) in [6.45, 7) is -0.201. The standard InChI is InChI=1S/C16H17FN4O3/c1-20-8-12(7-18-20)19-16(23)15-14(21(2)13(22)9-24-15)10-4-3-5-11(17)6-10/h3-8,14-15H,9H2,1-2H3,(H,19,23)/t14-,15+/m1/s1. The highest BCUT2D eigenvalue weighted by molar-refractivity contribution is 5.96. The number of rotatable bonds is 3. The Labute approximate surface area is 138 Å². The van der Waals surface area contributed by atoms with E-state index in [1.165, 1.54) is 29.3 Å². The van der Waals surface area contributed by atoms with Gasteiger partial charge in [0.2, 0.25) is 5.91 Å². The number of likely N-dealkylation sites (N-methyl/N-ethyl adjacent to an activating group) is 1. The monoisotopic (exact) mass is 332 g/mol. The van der Waals surface area contributed by atoms with Crippen LogP contribution >= 0.6 is 0 Å². The maximum Gasteiger partial charge on any atom is 0.256 e. The van der Waals surface area contributed by atoms with Crippen LogP contribution in [0.1, 0.15) is 11.6 Å². The molecule has 1 aliphatic rings.